The first-order valence-electron chi connectivity index (χ1n) is 4.67. The average Bonchev–Trinajstić information content (AvgIpc) is 2.54. The quantitative estimate of drug-likeness (QED) is 0.735. The van der Waals surface area contributed by atoms with E-state index in [1.54, 1.807) is 0 Å². The van der Waals surface area contributed by atoms with E-state index in [9.17, 15) is 0 Å². The van der Waals surface area contributed by atoms with Crippen LogP contribution in [-0.2, 0) is 4.87 Å². The van der Waals surface area contributed by atoms with Crippen LogP contribution < -0.4 is 5.32 Å². The van der Waals surface area contributed by atoms with Crippen LogP contribution in [0.5, 0.6) is 0 Å². The summed E-state index contributed by atoms with van der Waals surface area (Å²) in [5, 5.41) is 3.53. The van der Waals surface area contributed by atoms with Gasteiger partial charge < -0.3 is 0 Å². The van der Waals surface area contributed by atoms with Gasteiger partial charge in [-0.1, -0.05) is 29.8 Å². The van der Waals surface area contributed by atoms with Crippen molar-refractivity contribution in [3.63, 3.8) is 0 Å². The van der Waals surface area contributed by atoms with Gasteiger partial charge in [0.1, 0.15) is 0 Å². The number of hydrogen-bond donors (Lipinski definition) is 1. The van der Waals surface area contributed by atoms with Gasteiger partial charge in [-0.25, -0.2) is 0 Å². The number of nitrogens with one attached hydrogen (secondary N) is 1. The normalized spacial score (nSPS) is 27.8. The maximum Gasteiger partial charge on any atom is 0.0873 e. The van der Waals surface area contributed by atoms with Gasteiger partial charge in [-0.15, -0.1) is 11.8 Å². The number of rotatable bonds is 1. The van der Waals surface area contributed by atoms with Gasteiger partial charge in [0.05, 0.1) is 4.87 Å². The van der Waals surface area contributed by atoms with Crippen molar-refractivity contribution in [2.24, 2.45) is 0 Å². The van der Waals surface area contributed by atoms with Crippen molar-refractivity contribution in [2.75, 3.05) is 12.3 Å². The lowest BCUT2D eigenvalue weighted by Gasteiger charge is -2.23. The van der Waals surface area contributed by atoms with E-state index in [0.717, 1.165) is 6.54 Å². The van der Waals surface area contributed by atoms with Crippen molar-refractivity contribution in [3.8, 4) is 0 Å². The smallest absolute Gasteiger partial charge is 0.0873 e. The molecule has 0 aromatic heterocycles. The molecule has 70 valence electrons. The largest absolute Gasteiger partial charge is 0.298 e. The van der Waals surface area contributed by atoms with Crippen LogP contribution >= 0.6 is 11.8 Å². The fourth-order valence-corrected chi connectivity index (χ4v) is 2.77. The van der Waals surface area contributed by atoms with E-state index in [1.807, 2.05) is 11.8 Å². The molecular weight excluding hydrogens is 178 g/mol. The summed E-state index contributed by atoms with van der Waals surface area (Å²) >= 11 is 1.99. The molecule has 0 amide bonds. The summed E-state index contributed by atoms with van der Waals surface area (Å²) in [6.45, 7) is 5.51. The highest BCUT2D eigenvalue weighted by atomic mass is 32.2. The Hall–Kier alpha value is -0.470. The van der Waals surface area contributed by atoms with Gasteiger partial charge in [0.2, 0.25) is 0 Å². The molecule has 1 nitrogen and oxygen atoms in total. The maximum absolute atomic E-state index is 3.53. The van der Waals surface area contributed by atoms with E-state index in [2.05, 4.69) is 43.4 Å². The second-order valence-electron chi connectivity index (χ2n) is 3.67. The van der Waals surface area contributed by atoms with Gasteiger partial charge in [-0.2, -0.15) is 0 Å². The lowest BCUT2D eigenvalue weighted by molar-refractivity contribution is 0.574. The third-order valence-electron chi connectivity index (χ3n) is 2.56. The third-order valence-corrected chi connectivity index (χ3v) is 3.92. The van der Waals surface area contributed by atoms with Crippen molar-refractivity contribution in [1.29, 1.82) is 0 Å². The molecule has 1 unspecified atom stereocenters. The SMILES string of the molecule is Cc1ccc(C2(C)NCCS2)cc1. The second-order valence-corrected chi connectivity index (χ2v) is 5.19. The van der Waals surface area contributed by atoms with E-state index in [-0.39, 0.29) is 4.87 Å². The molecule has 1 fully saturated rings. The zero-order valence-electron chi connectivity index (χ0n) is 8.13. The first kappa shape index (κ1) is 9.10. The molecule has 2 rings (SSSR count). The molecule has 1 saturated heterocycles. The first-order chi connectivity index (χ1) is 6.21. The Morgan fingerprint density at radius 1 is 1.31 bits per heavy atom. The summed E-state index contributed by atoms with van der Waals surface area (Å²) in [6.07, 6.45) is 0. The summed E-state index contributed by atoms with van der Waals surface area (Å²) < 4.78 is 0. The predicted molar refractivity (Wildman–Crippen MR) is 59.0 cm³/mol. The Kier molecular flexibility index (Phi) is 2.35. The van der Waals surface area contributed by atoms with Crippen LogP contribution in [0.15, 0.2) is 24.3 Å². The molecule has 13 heavy (non-hydrogen) atoms. The topological polar surface area (TPSA) is 12.0 Å². The van der Waals surface area contributed by atoms with E-state index in [1.165, 1.54) is 16.9 Å². The molecule has 0 spiro atoms. The molecule has 1 N–H and O–H groups in total. The summed E-state index contributed by atoms with van der Waals surface area (Å²) in [6, 6.07) is 8.81. The van der Waals surface area contributed by atoms with Gasteiger partial charge in [0, 0.05) is 12.3 Å². The molecule has 0 aliphatic carbocycles. The van der Waals surface area contributed by atoms with Crippen LogP contribution in [0, 0.1) is 6.92 Å². The molecule has 0 radical (unpaired) electrons. The Morgan fingerprint density at radius 3 is 2.54 bits per heavy atom. The molecule has 1 aromatic rings. The zero-order valence-corrected chi connectivity index (χ0v) is 8.95. The van der Waals surface area contributed by atoms with E-state index < -0.39 is 0 Å². The van der Waals surface area contributed by atoms with E-state index in [4.69, 9.17) is 0 Å². The van der Waals surface area contributed by atoms with Gasteiger partial charge in [0.25, 0.3) is 0 Å². The number of benzene rings is 1. The zero-order chi connectivity index (χ0) is 9.31. The Bertz CT molecular complexity index is 285. The first-order valence-corrected chi connectivity index (χ1v) is 5.65. The van der Waals surface area contributed by atoms with Crippen molar-refractivity contribution >= 4 is 11.8 Å². The van der Waals surface area contributed by atoms with E-state index in [0.29, 0.717) is 0 Å². The molecule has 1 heterocycles. The van der Waals surface area contributed by atoms with Crippen LogP contribution in [-0.4, -0.2) is 12.3 Å². The Balaban J connectivity index is 2.29. The summed E-state index contributed by atoms with van der Waals surface area (Å²) in [5.74, 6) is 1.21. The van der Waals surface area contributed by atoms with Crippen molar-refractivity contribution < 1.29 is 0 Å². The van der Waals surface area contributed by atoms with E-state index >= 15 is 0 Å². The molecule has 1 aliphatic rings. The summed E-state index contributed by atoms with van der Waals surface area (Å²) in [7, 11) is 0. The monoisotopic (exact) mass is 193 g/mol. The predicted octanol–water partition coefficient (Wildman–Crippen LogP) is 2.50. The van der Waals surface area contributed by atoms with Crippen molar-refractivity contribution in [3.05, 3.63) is 35.4 Å². The van der Waals surface area contributed by atoms with Crippen LogP contribution in [0.1, 0.15) is 18.1 Å². The lowest BCUT2D eigenvalue weighted by atomic mass is 10.1. The van der Waals surface area contributed by atoms with Gasteiger partial charge in [0.15, 0.2) is 0 Å². The average molecular weight is 193 g/mol. The maximum atomic E-state index is 3.53. The molecule has 0 bridgehead atoms. The molecule has 1 aromatic carbocycles. The van der Waals surface area contributed by atoms with Crippen molar-refractivity contribution in [2.45, 2.75) is 18.7 Å². The highest BCUT2D eigenvalue weighted by Gasteiger charge is 2.30. The second kappa shape index (κ2) is 3.35. The Morgan fingerprint density at radius 2 is 2.00 bits per heavy atom. The molecule has 1 atom stereocenters. The molecule has 0 saturated carbocycles. The molecule has 2 heteroatoms. The highest BCUT2D eigenvalue weighted by molar-refractivity contribution is 8.00. The molecule has 1 aliphatic heterocycles. The number of thioether (sulfide) groups is 1. The lowest BCUT2D eigenvalue weighted by Crippen LogP contribution is -2.30. The minimum atomic E-state index is 0.147. The van der Waals surface area contributed by atoms with Gasteiger partial charge in [-0.3, -0.25) is 5.32 Å². The van der Waals surface area contributed by atoms with Crippen LogP contribution in [0.4, 0.5) is 0 Å². The number of aryl methyl sites for hydroxylation is 1. The minimum Gasteiger partial charge on any atom is -0.298 e. The summed E-state index contributed by atoms with van der Waals surface area (Å²) in [4.78, 5) is 0.147. The van der Waals surface area contributed by atoms with Gasteiger partial charge in [-0.05, 0) is 19.4 Å². The van der Waals surface area contributed by atoms with Gasteiger partial charge >= 0.3 is 0 Å². The highest BCUT2D eigenvalue weighted by Crippen LogP contribution is 2.36. The Labute approximate surface area is 83.9 Å². The number of hydrogen-bond acceptors (Lipinski definition) is 2. The van der Waals surface area contributed by atoms with Crippen LogP contribution in [0.3, 0.4) is 0 Å². The van der Waals surface area contributed by atoms with Crippen LogP contribution in [0.2, 0.25) is 0 Å². The fourth-order valence-electron chi connectivity index (χ4n) is 1.65. The fraction of sp³-hybridized carbons (Fsp3) is 0.455. The third kappa shape index (κ3) is 1.74. The molecular formula is C11H15NS. The standard InChI is InChI=1S/C11H15NS/c1-9-3-5-10(6-4-9)11(2)12-7-8-13-11/h3-6,12H,7-8H2,1-2H3. The van der Waals surface area contributed by atoms with Crippen molar-refractivity contribution in [1.82, 2.24) is 5.32 Å². The minimum absolute atomic E-state index is 0.147. The van der Waals surface area contributed by atoms with Crippen LogP contribution in [0.25, 0.3) is 0 Å². The summed E-state index contributed by atoms with van der Waals surface area (Å²) in [5.41, 5.74) is 2.72.